The number of hydrogen-bond acceptors (Lipinski definition) is 3. The maximum atomic E-state index is 11.5. The molecule has 0 bridgehead atoms. The molecule has 0 heterocycles. The van der Waals surface area contributed by atoms with Gasteiger partial charge >= 0.3 is 0 Å². The second kappa shape index (κ2) is 5.63. The van der Waals surface area contributed by atoms with Crippen molar-refractivity contribution >= 4 is 27.2 Å². The summed E-state index contributed by atoms with van der Waals surface area (Å²) in [6, 6.07) is 0. The van der Waals surface area contributed by atoms with Gasteiger partial charge in [-0.15, -0.1) is 0 Å². The Labute approximate surface area is 91.3 Å². The zero-order chi connectivity index (χ0) is 11.4. The molecule has 0 rings (SSSR count). The third-order valence-electron chi connectivity index (χ3n) is 1.89. The van der Waals surface area contributed by atoms with Crippen LogP contribution in [0.25, 0.3) is 0 Å². The summed E-state index contributed by atoms with van der Waals surface area (Å²) in [6.45, 7) is 5.99. The molecule has 1 unspecified atom stereocenters. The van der Waals surface area contributed by atoms with Gasteiger partial charge in [0.15, 0.2) is 0 Å². The third-order valence-corrected chi connectivity index (χ3v) is 4.19. The minimum Gasteiger partial charge on any atom is -0.392 e. The van der Waals surface area contributed by atoms with Crippen LogP contribution in [0, 0.1) is 5.92 Å². The molecule has 0 aromatic carbocycles. The predicted molar refractivity (Wildman–Crippen MR) is 62.6 cm³/mol. The maximum absolute atomic E-state index is 11.5. The predicted octanol–water partition coefficient (Wildman–Crippen LogP) is 0.627. The van der Waals surface area contributed by atoms with Gasteiger partial charge < -0.3 is 5.73 Å². The van der Waals surface area contributed by atoms with E-state index in [4.69, 9.17) is 5.73 Å². The van der Waals surface area contributed by atoms with E-state index in [9.17, 15) is 8.42 Å². The molecule has 0 spiro atoms. The summed E-state index contributed by atoms with van der Waals surface area (Å²) in [5, 5.41) is -0.801. The van der Waals surface area contributed by atoms with Gasteiger partial charge in [0.05, 0.1) is 4.99 Å². The van der Waals surface area contributed by atoms with E-state index in [1.807, 2.05) is 13.8 Å². The van der Waals surface area contributed by atoms with Crippen LogP contribution < -0.4 is 10.5 Å². The summed E-state index contributed by atoms with van der Waals surface area (Å²) < 4.78 is 25.4. The molecule has 1 atom stereocenters. The highest BCUT2D eigenvalue weighted by Gasteiger charge is 2.22. The Morgan fingerprint density at radius 1 is 1.43 bits per heavy atom. The molecule has 0 saturated heterocycles. The van der Waals surface area contributed by atoms with E-state index < -0.39 is 15.3 Å². The molecule has 14 heavy (non-hydrogen) atoms. The molecular formula is C8H18N2O2S2. The summed E-state index contributed by atoms with van der Waals surface area (Å²) in [5.74, 6) is 0.470. The molecule has 0 aliphatic heterocycles. The summed E-state index contributed by atoms with van der Waals surface area (Å²) in [4.78, 5) is 0.00190. The minimum absolute atomic E-state index is 0.00190. The smallest absolute Gasteiger partial charge is 0.220 e. The molecule has 0 fully saturated rings. The van der Waals surface area contributed by atoms with Crippen LogP contribution in [0.5, 0.6) is 0 Å². The van der Waals surface area contributed by atoms with E-state index in [2.05, 4.69) is 16.9 Å². The van der Waals surface area contributed by atoms with E-state index >= 15 is 0 Å². The first-order valence-electron chi connectivity index (χ1n) is 4.55. The lowest BCUT2D eigenvalue weighted by Crippen LogP contribution is -2.40. The molecule has 0 aliphatic carbocycles. The van der Waals surface area contributed by atoms with Crippen LogP contribution in [0.15, 0.2) is 0 Å². The van der Waals surface area contributed by atoms with E-state index in [0.717, 1.165) is 6.42 Å². The van der Waals surface area contributed by atoms with Gasteiger partial charge in [0, 0.05) is 6.54 Å². The first-order chi connectivity index (χ1) is 6.27. The normalized spacial score (nSPS) is 14.3. The van der Waals surface area contributed by atoms with Gasteiger partial charge in [0.25, 0.3) is 0 Å². The van der Waals surface area contributed by atoms with Gasteiger partial charge in [-0.05, 0) is 19.3 Å². The quantitative estimate of drug-likeness (QED) is 0.666. The number of thiocarbonyl (C=S) groups is 1. The highest BCUT2D eigenvalue weighted by Crippen LogP contribution is 2.01. The van der Waals surface area contributed by atoms with Gasteiger partial charge in [-0.1, -0.05) is 26.1 Å². The van der Waals surface area contributed by atoms with Crippen LogP contribution in [0.1, 0.15) is 27.2 Å². The summed E-state index contributed by atoms with van der Waals surface area (Å²) in [6.07, 6.45) is 0.809. The topological polar surface area (TPSA) is 72.2 Å². The number of nitrogens with two attached hydrogens (primary N) is 1. The number of nitrogens with one attached hydrogen (secondary N) is 1. The van der Waals surface area contributed by atoms with Crippen molar-refractivity contribution < 1.29 is 8.42 Å². The lowest BCUT2D eigenvalue weighted by molar-refractivity contribution is 0.550. The molecule has 4 nitrogen and oxygen atoms in total. The number of rotatable bonds is 6. The van der Waals surface area contributed by atoms with Crippen LogP contribution in [0.3, 0.4) is 0 Å². The van der Waals surface area contributed by atoms with Crippen molar-refractivity contribution in [3.63, 3.8) is 0 Å². The lowest BCUT2D eigenvalue weighted by atomic mass is 10.1. The molecule has 0 amide bonds. The molecule has 6 heteroatoms. The summed E-state index contributed by atoms with van der Waals surface area (Å²) >= 11 is 4.63. The van der Waals surface area contributed by atoms with Gasteiger partial charge in [-0.2, -0.15) is 0 Å². The zero-order valence-electron chi connectivity index (χ0n) is 8.78. The van der Waals surface area contributed by atoms with Gasteiger partial charge in [0.2, 0.25) is 10.0 Å². The fourth-order valence-corrected chi connectivity index (χ4v) is 2.11. The Bertz CT molecular complexity index is 286. The summed E-state index contributed by atoms with van der Waals surface area (Å²) in [7, 11) is -3.37. The van der Waals surface area contributed by atoms with Crippen molar-refractivity contribution in [1.82, 2.24) is 4.72 Å². The van der Waals surface area contributed by atoms with Crippen LogP contribution in [0.2, 0.25) is 0 Å². The molecule has 84 valence electrons. The van der Waals surface area contributed by atoms with Gasteiger partial charge in [0.1, 0.15) is 5.25 Å². The Morgan fingerprint density at radius 2 is 1.93 bits per heavy atom. The first-order valence-corrected chi connectivity index (χ1v) is 6.50. The lowest BCUT2D eigenvalue weighted by Gasteiger charge is -2.13. The van der Waals surface area contributed by atoms with Crippen molar-refractivity contribution in [2.45, 2.75) is 32.4 Å². The molecular weight excluding hydrogens is 220 g/mol. The van der Waals surface area contributed by atoms with Crippen molar-refractivity contribution in [2.24, 2.45) is 11.7 Å². The van der Waals surface area contributed by atoms with Crippen molar-refractivity contribution in [3.05, 3.63) is 0 Å². The maximum Gasteiger partial charge on any atom is 0.220 e. The first kappa shape index (κ1) is 13.8. The third kappa shape index (κ3) is 4.88. The highest BCUT2D eigenvalue weighted by atomic mass is 32.2. The zero-order valence-corrected chi connectivity index (χ0v) is 10.4. The second-order valence-corrected chi connectivity index (χ2v) is 6.22. The fourth-order valence-electron chi connectivity index (χ4n) is 0.768. The Balaban J connectivity index is 4.16. The molecule has 0 radical (unpaired) electrons. The van der Waals surface area contributed by atoms with Gasteiger partial charge in [-0.25, -0.2) is 13.1 Å². The minimum atomic E-state index is -3.37. The van der Waals surface area contributed by atoms with Crippen molar-refractivity contribution in [3.8, 4) is 0 Å². The molecule has 0 saturated carbocycles. The standard InChI is InChI=1S/C8H18N2O2S2/c1-6(2)4-5-10-14(11,12)7(3)8(9)13/h6-7,10H,4-5H2,1-3H3,(H2,9,13). The van der Waals surface area contributed by atoms with Crippen molar-refractivity contribution in [2.75, 3.05) is 6.54 Å². The van der Waals surface area contributed by atoms with Crippen LogP contribution in [0.4, 0.5) is 0 Å². The summed E-state index contributed by atoms with van der Waals surface area (Å²) in [5.41, 5.74) is 5.27. The van der Waals surface area contributed by atoms with E-state index in [1.54, 1.807) is 0 Å². The highest BCUT2D eigenvalue weighted by molar-refractivity contribution is 7.93. The largest absolute Gasteiger partial charge is 0.392 e. The van der Waals surface area contributed by atoms with E-state index in [1.165, 1.54) is 6.92 Å². The van der Waals surface area contributed by atoms with Gasteiger partial charge in [-0.3, -0.25) is 0 Å². The Hall–Kier alpha value is -0.200. The van der Waals surface area contributed by atoms with E-state index in [0.29, 0.717) is 12.5 Å². The molecule has 0 aromatic rings. The second-order valence-electron chi connectivity index (χ2n) is 3.67. The molecule has 3 N–H and O–H groups in total. The van der Waals surface area contributed by atoms with Crippen LogP contribution in [-0.4, -0.2) is 25.2 Å². The molecule has 0 aliphatic rings. The van der Waals surface area contributed by atoms with Crippen LogP contribution in [-0.2, 0) is 10.0 Å². The molecule has 0 aromatic heterocycles. The average molecular weight is 238 g/mol. The van der Waals surface area contributed by atoms with Crippen LogP contribution >= 0.6 is 12.2 Å². The average Bonchev–Trinajstić information content (AvgIpc) is 2.01. The van der Waals surface area contributed by atoms with Crippen molar-refractivity contribution in [1.29, 1.82) is 0 Å². The van der Waals surface area contributed by atoms with E-state index in [-0.39, 0.29) is 4.99 Å². The number of hydrogen-bond donors (Lipinski definition) is 2. The fraction of sp³-hybridized carbons (Fsp3) is 0.875. The Kier molecular flexibility index (Phi) is 5.54. The SMILES string of the molecule is CC(C)CCNS(=O)(=O)C(C)C(N)=S. The Morgan fingerprint density at radius 3 is 2.29 bits per heavy atom. The number of sulfonamides is 1. The monoisotopic (exact) mass is 238 g/mol.